The molecular formula is C28H23NO10. The second-order valence-electron chi connectivity index (χ2n) is 9.48. The molecular weight excluding hydrogens is 510 g/mol. The minimum atomic E-state index is -0.913. The highest BCUT2D eigenvalue weighted by molar-refractivity contribution is 6.22. The third-order valence-electron chi connectivity index (χ3n) is 6.79. The van der Waals surface area contributed by atoms with Gasteiger partial charge in [0.05, 0.1) is 23.1 Å². The average Bonchev–Trinajstić information content (AvgIpc) is 3.54. The first-order chi connectivity index (χ1) is 18.5. The molecule has 0 spiro atoms. The van der Waals surface area contributed by atoms with Crippen molar-refractivity contribution in [3.05, 3.63) is 54.1 Å². The standard InChI is InChI=1S/C28H23NO10/c1-13(30)36-21-11-18(12-22(37-14(2)31)25(21)38-15(3)32)28(35)39-20-8-6-19(7-9-20)29-26(33)23-16-4-5-17(10-16)24(23)27(29)34/h4-9,11-12,16-17,23-24H,10H2,1-3H3. The van der Waals surface area contributed by atoms with Crippen molar-refractivity contribution in [3.8, 4) is 23.0 Å². The van der Waals surface area contributed by atoms with E-state index in [0.717, 1.165) is 39.3 Å². The summed E-state index contributed by atoms with van der Waals surface area (Å²) in [5.74, 6) is -5.14. The van der Waals surface area contributed by atoms with Crippen molar-refractivity contribution in [1.29, 1.82) is 0 Å². The van der Waals surface area contributed by atoms with Gasteiger partial charge < -0.3 is 18.9 Å². The Bertz CT molecular complexity index is 1390. The molecule has 1 heterocycles. The van der Waals surface area contributed by atoms with Gasteiger partial charge in [-0.2, -0.15) is 0 Å². The molecule has 11 heteroatoms. The molecule has 200 valence electrons. The summed E-state index contributed by atoms with van der Waals surface area (Å²) >= 11 is 0. The largest absolute Gasteiger partial charge is 0.423 e. The van der Waals surface area contributed by atoms with Gasteiger partial charge in [0.15, 0.2) is 11.5 Å². The number of amides is 2. The second-order valence-corrected chi connectivity index (χ2v) is 9.48. The predicted molar refractivity (Wildman–Crippen MR) is 132 cm³/mol. The van der Waals surface area contributed by atoms with Crippen molar-refractivity contribution in [2.45, 2.75) is 27.2 Å². The number of allylic oxidation sites excluding steroid dienone is 2. The molecule has 39 heavy (non-hydrogen) atoms. The zero-order valence-corrected chi connectivity index (χ0v) is 21.2. The molecule has 1 saturated carbocycles. The quantitative estimate of drug-likeness (QED) is 0.235. The van der Waals surface area contributed by atoms with Gasteiger partial charge in [-0.25, -0.2) is 4.79 Å². The molecule has 0 N–H and O–H groups in total. The van der Waals surface area contributed by atoms with Gasteiger partial charge in [-0.15, -0.1) is 0 Å². The smallest absolute Gasteiger partial charge is 0.343 e. The Hall–Kier alpha value is -4.80. The van der Waals surface area contributed by atoms with Crippen LogP contribution in [0.5, 0.6) is 23.0 Å². The Morgan fingerprint density at radius 2 is 1.21 bits per heavy atom. The summed E-state index contributed by atoms with van der Waals surface area (Å²) in [6, 6.07) is 8.09. The van der Waals surface area contributed by atoms with E-state index in [9.17, 15) is 28.8 Å². The number of carbonyl (C=O) groups excluding carboxylic acids is 6. The molecule has 11 nitrogen and oxygen atoms in total. The topological polar surface area (TPSA) is 143 Å². The summed E-state index contributed by atoms with van der Waals surface area (Å²) in [6.07, 6.45) is 4.86. The van der Waals surface area contributed by atoms with Crippen LogP contribution in [0.15, 0.2) is 48.6 Å². The molecule has 4 unspecified atom stereocenters. The monoisotopic (exact) mass is 533 g/mol. The fourth-order valence-corrected chi connectivity index (χ4v) is 5.39. The second kappa shape index (κ2) is 9.82. The highest BCUT2D eigenvalue weighted by Crippen LogP contribution is 2.53. The molecule has 2 aromatic rings. The number of fused-ring (bicyclic) bond motifs is 5. The maximum Gasteiger partial charge on any atom is 0.343 e. The fraction of sp³-hybridized carbons (Fsp3) is 0.286. The number of benzene rings is 2. The van der Waals surface area contributed by atoms with E-state index in [1.54, 1.807) is 0 Å². The summed E-state index contributed by atoms with van der Waals surface area (Å²) in [5, 5.41) is 0. The number of imide groups is 1. The Balaban J connectivity index is 1.37. The number of anilines is 1. The van der Waals surface area contributed by atoms with Gasteiger partial charge in [0, 0.05) is 20.8 Å². The highest BCUT2D eigenvalue weighted by atomic mass is 16.6. The highest BCUT2D eigenvalue weighted by Gasteiger charge is 2.59. The number of hydrogen-bond donors (Lipinski definition) is 0. The van der Waals surface area contributed by atoms with E-state index in [1.165, 1.54) is 29.2 Å². The maximum absolute atomic E-state index is 13.0. The van der Waals surface area contributed by atoms with Crippen LogP contribution < -0.4 is 23.8 Å². The zero-order chi connectivity index (χ0) is 28.0. The van der Waals surface area contributed by atoms with Crippen molar-refractivity contribution in [2.75, 3.05) is 4.90 Å². The van der Waals surface area contributed by atoms with E-state index >= 15 is 0 Å². The SMILES string of the molecule is CC(=O)Oc1cc(C(=O)Oc2ccc(N3C(=O)C4C5C=CC(C5)C4C3=O)cc2)cc(OC(C)=O)c1OC(C)=O. The molecule has 2 amide bonds. The van der Waals surface area contributed by atoms with Crippen LogP contribution in [0.4, 0.5) is 5.69 Å². The maximum atomic E-state index is 13.0. The van der Waals surface area contributed by atoms with E-state index < -0.39 is 23.9 Å². The Kier molecular flexibility index (Phi) is 6.51. The first-order valence-electron chi connectivity index (χ1n) is 12.1. The summed E-state index contributed by atoms with van der Waals surface area (Å²) in [6.45, 7) is 3.29. The predicted octanol–water partition coefficient (Wildman–Crippen LogP) is 2.99. The van der Waals surface area contributed by atoms with E-state index in [0.29, 0.717) is 5.69 Å². The molecule has 5 rings (SSSR count). The van der Waals surface area contributed by atoms with Crippen LogP contribution in [-0.4, -0.2) is 35.7 Å². The summed E-state index contributed by atoms with van der Waals surface area (Å²) in [4.78, 5) is 75.0. The van der Waals surface area contributed by atoms with Gasteiger partial charge in [0.1, 0.15) is 5.75 Å². The molecule has 1 aliphatic heterocycles. The Morgan fingerprint density at radius 1 is 0.718 bits per heavy atom. The first-order valence-corrected chi connectivity index (χ1v) is 12.1. The van der Waals surface area contributed by atoms with E-state index in [1.807, 2.05) is 12.2 Å². The third-order valence-corrected chi connectivity index (χ3v) is 6.79. The van der Waals surface area contributed by atoms with Crippen molar-refractivity contribution in [3.63, 3.8) is 0 Å². The number of ether oxygens (including phenoxy) is 4. The van der Waals surface area contributed by atoms with E-state index in [2.05, 4.69) is 0 Å². The van der Waals surface area contributed by atoms with Crippen molar-refractivity contribution in [2.24, 2.45) is 23.7 Å². The van der Waals surface area contributed by atoms with Gasteiger partial charge >= 0.3 is 23.9 Å². The van der Waals surface area contributed by atoms with Gasteiger partial charge in [-0.1, -0.05) is 12.2 Å². The lowest BCUT2D eigenvalue weighted by atomic mass is 9.85. The van der Waals surface area contributed by atoms with Crippen molar-refractivity contribution < 1.29 is 47.7 Å². The Labute approximate surface area is 222 Å². The summed E-state index contributed by atoms with van der Waals surface area (Å²) in [5.41, 5.74) is 0.196. The molecule has 4 atom stereocenters. The molecule has 2 aromatic carbocycles. The number of nitrogens with zero attached hydrogens (tertiary/aromatic N) is 1. The number of rotatable bonds is 6. The lowest BCUT2D eigenvalue weighted by Gasteiger charge is -2.17. The first kappa shape index (κ1) is 25.8. The molecule has 1 saturated heterocycles. The van der Waals surface area contributed by atoms with Crippen LogP contribution in [0.25, 0.3) is 0 Å². The minimum absolute atomic E-state index is 0.0858. The van der Waals surface area contributed by atoms with Crippen LogP contribution in [0.3, 0.4) is 0 Å². The minimum Gasteiger partial charge on any atom is -0.423 e. The average molecular weight is 533 g/mol. The van der Waals surface area contributed by atoms with Crippen LogP contribution in [0.2, 0.25) is 0 Å². The zero-order valence-electron chi connectivity index (χ0n) is 21.2. The van der Waals surface area contributed by atoms with Crippen LogP contribution in [0.1, 0.15) is 37.6 Å². The van der Waals surface area contributed by atoms with Gasteiger partial charge in [0.25, 0.3) is 0 Å². The van der Waals surface area contributed by atoms with E-state index in [4.69, 9.17) is 18.9 Å². The molecule has 2 aliphatic carbocycles. The van der Waals surface area contributed by atoms with Gasteiger partial charge in [0.2, 0.25) is 17.6 Å². The molecule has 0 radical (unpaired) electrons. The summed E-state index contributed by atoms with van der Waals surface area (Å²) < 4.78 is 20.6. The lowest BCUT2D eigenvalue weighted by Crippen LogP contribution is -2.32. The third kappa shape index (κ3) is 4.78. The molecule has 3 aliphatic rings. The fourth-order valence-electron chi connectivity index (χ4n) is 5.39. The van der Waals surface area contributed by atoms with Crippen molar-refractivity contribution in [1.82, 2.24) is 0 Å². The summed E-state index contributed by atoms with van der Waals surface area (Å²) in [7, 11) is 0. The van der Waals surface area contributed by atoms with Crippen LogP contribution >= 0.6 is 0 Å². The van der Waals surface area contributed by atoms with E-state index in [-0.39, 0.29) is 64.0 Å². The lowest BCUT2D eigenvalue weighted by molar-refractivity contribution is -0.135. The van der Waals surface area contributed by atoms with Gasteiger partial charge in [-0.3, -0.25) is 28.9 Å². The van der Waals surface area contributed by atoms with Crippen LogP contribution in [-0.2, 0) is 24.0 Å². The number of carbonyl (C=O) groups is 6. The van der Waals surface area contributed by atoms with Crippen molar-refractivity contribution >= 4 is 41.4 Å². The van der Waals surface area contributed by atoms with Gasteiger partial charge in [-0.05, 0) is 54.7 Å². The normalized spacial score (nSPS) is 22.5. The van der Waals surface area contributed by atoms with Crippen LogP contribution in [0, 0.1) is 23.7 Å². The molecule has 2 bridgehead atoms. The number of hydrogen-bond acceptors (Lipinski definition) is 10. The molecule has 2 fully saturated rings. The Morgan fingerprint density at radius 3 is 1.67 bits per heavy atom. The molecule has 0 aromatic heterocycles. The number of esters is 4.